The largest absolute Gasteiger partial charge is 0.494 e. The number of ether oxygens (including phenoxy) is 1. The van der Waals surface area contributed by atoms with Gasteiger partial charge in [-0.15, -0.1) is 0 Å². The Bertz CT molecular complexity index is 675. The zero-order valence-corrected chi connectivity index (χ0v) is 10.8. The lowest BCUT2D eigenvalue weighted by Gasteiger charge is -2.15. The van der Waals surface area contributed by atoms with Crippen LogP contribution < -0.4 is 10.2 Å². The number of carbonyl (C=O) groups is 1. The van der Waals surface area contributed by atoms with Gasteiger partial charge >= 0.3 is 5.97 Å². The number of rotatable bonds is 4. The number of hydrogen-bond acceptors (Lipinski definition) is 3. The number of benzene rings is 1. The SMILES string of the molecule is CCOc1ccc2c(=O)ccn(C(C)C(=O)O)c2c1. The van der Waals surface area contributed by atoms with E-state index in [0.717, 1.165) is 0 Å². The van der Waals surface area contributed by atoms with Crippen LogP contribution >= 0.6 is 0 Å². The highest BCUT2D eigenvalue weighted by Crippen LogP contribution is 2.21. The van der Waals surface area contributed by atoms with Gasteiger partial charge in [-0.25, -0.2) is 4.79 Å². The summed E-state index contributed by atoms with van der Waals surface area (Å²) in [6.45, 7) is 3.94. The Hall–Kier alpha value is -2.30. The maximum absolute atomic E-state index is 11.8. The van der Waals surface area contributed by atoms with Crippen molar-refractivity contribution >= 4 is 16.9 Å². The second-order valence-corrected chi connectivity index (χ2v) is 4.21. The number of hydrogen-bond donors (Lipinski definition) is 1. The molecule has 5 heteroatoms. The lowest BCUT2D eigenvalue weighted by molar-refractivity contribution is -0.140. The molecule has 1 atom stereocenters. The second kappa shape index (κ2) is 5.14. The van der Waals surface area contributed by atoms with Crippen molar-refractivity contribution in [1.29, 1.82) is 0 Å². The van der Waals surface area contributed by atoms with Crippen molar-refractivity contribution in [2.45, 2.75) is 19.9 Å². The van der Waals surface area contributed by atoms with E-state index in [1.165, 1.54) is 12.3 Å². The average molecular weight is 261 g/mol. The molecule has 0 aliphatic rings. The van der Waals surface area contributed by atoms with Gasteiger partial charge in [0.25, 0.3) is 0 Å². The molecule has 2 aromatic rings. The molecule has 0 bridgehead atoms. The smallest absolute Gasteiger partial charge is 0.326 e. The van der Waals surface area contributed by atoms with Crippen molar-refractivity contribution in [1.82, 2.24) is 4.57 Å². The first-order valence-electron chi connectivity index (χ1n) is 6.05. The predicted molar refractivity (Wildman–Crippen MR) is 71.7 cm³/mol. The van der Waals surface area contributed by atoms with Gasteiger partial charge < -0.3 is 14.4 Å². The zero-order chi connectivity index (χ0) is 14.0. The van der Waals surface area contributed by atoms with Crippen LogP contribution in [0.1, 0.15) is 19.9 Å². The van der Waals surface area contributed by atoms with Crippen LogP contribution in [-0.2, 0) is 4.79 Å². The molecule has 0 fully saturated rings. The summed E-state index contributed by atoms with van der Waals surface area (Å²) in [6, 6.07) is 5.69. The van der Waals surface area contributed by atoms with Crippen molar-refractivity contribution in [3.8, 4) is 5.75 Å². The molecule has 1 aromatic heterocycles. The standard InChI is InChI=1S/C14H15NO4/c1-3-19-10-4-5-11-12(8-10)15(7-6-13(11)16)9(2)14(17)18/h4-9H,3H2,1-2H3,(H,17,18). The van der Waals surface area contributed by atoms with Gasteiger partial charge in [0.1, 0.15) is 11.8 Å². The van der Waals surface area contributed by atoms with Crippen molar-refractivity contribution < 1.29 is 14.6 Å². The fourth-order valence-electron chi connectivity index (χ4n) is 1.96. The van der Waals surface area contributed by atoms with E-state index in [1.807, 2.05) is 6.92 Å². The second-order valence-electron chi connectivity index (χ2n) is 4.21. The minimum atomic E-state index is -0.952. The molecule has 0 aliphatic carbocycles. The zero-order valence-electron chi connectivity index (χ0n) is 10.8. The minimum absolute atomic E-state index is 0.133. The van der Waals surface area contributed by atoms with E-state index in [9.17, 15) is 9.59 Å². The van der Waals surface area contributed by atoms with Crippen LogP contribution in [0.3, 0.4) is 0 Å². The number of carboxylic acid groups (broad SMARTS) is 1. The summed E-state index contributed by atoms with van der Waals surface area (Å²) in [4.78, 5) is 22.9. The van der Waals surface area contributed by atoms with Crippen LogP contribution in [0.5, 0.6) is 5.75 Å². The third-order valence-electron chi connectivity index (χ3n) is 2.98. The van der Waals surface area contributed by atoms with Crippen molar-refractivity contribution in [2.24, 2.45) is 0 Å². The first-order chi connectivity index (χ1) is 9.04. The molecule has 1 aromatic carbocycles. The molecule has 100 valence electrons. The van der Waals surface area contributed by atoms with E-state index in [1.54, 1.807) is 29.7 Å². The number of aliphatic carboxylic acids is 1. The summed E-state index contributed by atoms with van der Waals surface area (Å²) in [6.07, 6.45) is 1.50. The van der Waals surface area contributed by atoms with Gasteiger partial charge in [-0.3, -0.25) is 4.79 Å². The maximum atomic E-state index is 11.8. The molecule has 1 heterocycles. The van der Waals surface area contributed by atoms with E-state index in [-0.39, 0.29) is 5.43 Å². The van der Waals surface area contributed by atoms with Crippen LogP contribution in [0.4, 0.5) is 0 Å². The number of pyridine rings is 1. The van der Waals surface area contributed by atoms with Crippen LogP contribution in [-0.4, -0.2) is 22.2 Å². The Morgan fingerprint density at radius 3 is 2.79 bits per heavy atom. The Balaban J connectivity index is 2.70. The Kier molecular flexibility index (Phi) is 3.55. The number of fused-ring (bicyclic) bond motifs is 1. The van der Waals surface area contributed by atoms with Crippen LogP contribution in [0, 0.1) is 0 Å². The highest BCUT2D eigenvalue weighted by Gasteiger charge is 2.15. The Morgan fingerprint density at radius 2 is 2.16 bits per heavy atom. The molecule has 5 nitrogen and oxygen atoms in total. The summed E-state index contributed by atoms with van der Waals surface area (Å²) < 4.78 is 6.94. The molecular formula is C14H15NO4. The predicted octanol–water partition coefficient (Wildman–Crippen LogP) is 2.05. The molecule has 19 heavy (non-hydrogen) atoms. The highest BCUT2D eigenvalue weighted by molar-refractivity contribution is 5.82. The van der Waals surface area contributed by atoms with Crippen LogP contribution in [0.15, 0.2) is 35.3 Å². The van der Waals surface area contributed by atoms with Crippen LogP contribution in [0.2, 0.25) is 0 Å². The fraction of sp³-hybridized carbons (Fsp3) is 0.286. The van der Waals surface area contributed by atoms with Crippen molar-refractivity contribution in [3.05, 3.63) is 40.7 Å². The van der Waals surface area contributed by atoms with E-state index in [4.69, 9.17) is 9.84 Å². The molecule has 0 aliphatic heterocycles. The topological polar surface area (TPSA) is 68.5 Å². The molecule has 1 unspecified atom stereocenters. The first kappa shape index (κ1) is 13.1. The monoisotopic (exact) mass is 261 g/mol. The number of aromatic nitrogens is 1. The quantitative estimate of drug-likeness (QED) is 0.914. The highest BCUT2D eigenvalue weighted by atomic mass is 16.5. The van der Waals surface area contributed by atoms with Gasteiger partial charge in [0.2, 0.25) is 0 Å². The van der Waals surface area contributed by atoms with E-state index in [2.05, 4.69) is 0 Å². The van der Waals surface area contributed by atoms with Gasteiger partial charge in [0, 0.05) is 23.7 Å². The third-order valence-corrected chi connectivity index (χ3v) is 2.98. The normalized spacial score (nSPS) is 12.3. The third kappa shape index (κ3) is 2.45. The van der Waals surface area contributed by atoms with Gasteiger partial charge in [-0.2, -0.15) is 0 Å². The van der Waals surface area contributed by atoms with Gasteiger partial charge in [0.15, 0.2) is 5.43 Å². The molecule has 0 amide bonds. The fourth-order valence-corrected chi connectivity index (χ4v) is 1.96. The minimum Gasteiger partial charge on any atom is -0.494 e. The number of nitrogens with zero attached hydrogens (tertiary/aromatic N) is 1. The molecule has 1 N–H and O–H groups in total. The van der Waals surface area contributed by atoms with E-state index in [0.29, 0.717) is 23.3 Å². The van der Waals surface area contributed by atoms with Crippen molar-refractivity contribution in [2.75, 3.05) is 6.61 Å². The maximum Gasteiger partial charge on any atom is 0.326 e. The van der Waals surface area contributed by atoms with Gasteiger partial charge in [-0.1, -0.05) is 0 Å². The number of carboxylic acids is 1. The molecule has 0 spiro atoms. The summed E-state index contributed by atoms with van der Waals surface area (Å²) in [5, 5.41) is 9.59. The Morgan fingerprint density at radius 1 is 1.42 bits per heavy atom. The van der Waals surface area contributed by atoms with Gasteiger partial charge in [-0.05, 0) is 26.0 Å². The summed E-state index contributed by atoms with van der Waals surface area (Å²) in [7, 11) is 0. The lowest BCUT2D eigenvalue weighted by Crippen LogP contribution is -2.18. The molecule has 0 saturated heterocycles. The first-order valence-corrected chi connectivity index (χ1v) is 6.05. The summed E-state index contributed by atoms with van der Waals surface area (Å²) >= 11 is 0. The van der Waals surface area contributed by atoms with Gasteiger partial charge in [0.05, 0.1) is 12.1 Å². The summed E-state index contributed by atoms with van der Waals surface area (Å²) in [5.41, 5.74) is 0.431. The lowest BCUT2D eigenvalue weighted by atomic mass is 10.1. The van der Waals surface area contributed by atoms with Crippen LogP contribution in [0.25, 0.3) is 10.9 Å². The molecular weight excluding hydrogens is 246 g/mol. The van der Waals surface area contributed by atoms with E-state index >= 15 is 0 Å². The van der Waals surface area contributed by atoms with E-state index < -0.39 is 12.0 Å². The summed E-state index contributed by atoms with van der Waals surface area (Å²) in [5.74, 6) is -0.335. The average Bonchev–Trinajstić information content (AvgIpc) is 2.38. The molecule has 2 rings (SSSR count). The Labute approximate surface area is 110 Å². The molecule has 0 radical (unpaired) electrons. The van der Waals surface area contributed by atoms with Crippen molar-refractivity contribution in [3.63, 3.8) is 0 Å². The molecule has 0 saturated carbocycles.